The van der Waals surface area contributed by atoms with Gasteiger partial charge in [0.05, 0.1) is 45.1 Å². The molecule has 8 nitrogen and oxygen atoms in total. The zero-order chi connectivity index (χ0) is 21.3. The van der Waals surface area contributed by atoms with Crippen LogP contribution in [0.5, 0.6) is 11.5 Å². The van der Waals surface area contributed by atoms with Crippen LogP contribution < -0.4 is 14.4 Å². The molecule has 7 rings (SSSR count). The van der Waals surface area contributed by atoms with E-state index in [2.05, 4.69) is 11.0 Å². The predicted octanol–water partition coefficient (Wildman–Crippen LogP) is 0.275. The SMILES string of the molecule is COc1cc2c(cc1OC)[C@@]13CCN4CC5(O)[C@H](O)CO[C@H]6CC(=O)N2[C@H]1[C@H]6[C@H]5C[C@H]43. The number of hydrogen-bond donors (Lipinski definition) is 2. The number of amides is 1. The van der Waals surface area contributed by atoms with Crippen molar-refractivity contribution in [2.75, 3.05) is 38.8 Å². The minimum absolute atomic E-state index is 0.0132. The summed E-state index contributed by atoms with van der Waals surface area (Å²) in [7, 11) is 3.26. The van der Waals surface area contributed by atoms with Crippen LogP contribution in [0.1, 0.15) is 24.8 Å². The van der Waals surface area contributed by atoms with E-state index in [4.69, 9.17) is 14.2 Å². The molecule has 4 saturated heterocycles. The zero-order valence-corrected chi connectivity index (χ0v) is 17.8. The molecule has 166 valence electrons. The molecule has 1 aliphatic carbocycles. The molecule has 1 aromatic rings. The van der Waals surface area contributed by atoms with Crippen LogP contribution in [0.25, 0.3) is 0 Å². The average molecular weight is 428 g/mol. The molecule has 8 atom stereocenters. The van der Waals surface area contributed by atoms with Crippen molar-refractivity contribution in [3.63, 3.8) is 0 Å². The normalized spacial score (nSPS) is 46.6. The topological polar surface area (TPSA) is 91.7 Å². The van der Waals surface area contributed by atoms with E-state index in [0.29, 0.717) is 18.0 Å². The molecule has 1 spiro atoms. The van der Waals surface area contributed by atoms with E-state index in [1.165, 1.54) is 0 Å². The number of nitrogens with zero attached hydrogens (tertiary/aromatic N) is 2. The highest BCUT2D eigenvalue weighted by Crippen LogP contribution is 2.67. The van der Waals surface area contributed by atoms with Gasteiger partial charge in [0.2, 0.25) is 5.91 Å². The third-order valence-electron chi connectivity index (χ3n) is 9.44. The Balaban J connectivity index is 1.51. The largest absolute Gasteiger partial charge is 0.493 e. The molecular formula is C23H28N2O6. The molecule has 5 heterocycles. The number of aliphatic hydroxyl groups excluding tert-OH is 1. The molecular weight excluding hydrogens is 400 g/mol. The highest BCUT2D eigenvalue weighted by molar-refractivity contribution is 5.99. The van der Waals surface area contributed by atoms with Crippen LogP contribution in [0.4, 0.5) is 5.69 Å². The fraction of sp³-hybridized carbons (Fsp3) is 0.696. The number of benzene rings is 1. The molecule has 31 heavy (non-hydrogen) atoms. The van der Waals surface area contributed by atoms with E-state index in [1.54, 1.807) is 14.2 Å². The van der Waals surface area contributed by atoms with Crippen molar-refractivity contribution < 1.29 is 29.2 Å². The predicted molar refractivity (Wildman–Crippen MR) is 109 cm³/mol. The van der Waals surface area contributed by atoms with Gasteiger partial charge in [0.15, 0.2) is 11.5 Å². The van der Waals surface area contributed by atoms with Crippen LogP contribution in [0.3, 0.4) is 0 Å². The van der Waals surface area contributed by atoms with E-state index in [1.807, 2.05) is 11.0 Å². The quantitative estimate of drug-likeness (QED) is 0.699. The van der Waals surface area contributed by atoms with Crippen LogP contribution in [0, 0.1) is 11.8 Å². The van der Waals surface area contributed by atoms with Crippen LogP contribution in [0.2, 0.25) is 0 Å². The van der Waals surface area contributed by atoms with Gasteiger partial charge in [-0.1, -0.05) is 0 Å². The Labute approximate surface area is 180 Å². The second-order valence-electron chi connectivity index (χ2n) is 10.2. The average Bonchev–Trinajstić information content (AvgIpc) is 3.26. The van der Waals surface area contributed by atoms with Crippen LogP contribution in [0.15, 0.2) is 12.1 Å². The van der Waals surface area contributed by atoms with Gasteiger partial charge in [-0.25, -0.2) is 0 Å². The van der Waals surface area contributed by atoms with Crippen LogP contribution in [-0.2, 0) is 14.9 Å². The molecule has 0 radical (unpaired) electrons. The molecule has 2 bridgehead atoms. The van der Waals surface area contributed by atoms with Crippen molar-refractivity contribution in [1.82, 2.24) is 4.90 Å². The lowest BCUT2D eigenvalue weighted by Crippen LogP contribution is -2.74. The van der Waals surface area contributed by atoms with Gasteiger partial charge in [-0.05, 0) is 31.0 Å². The molecule has 1 unspecified atom stereocenters. The Morgan fingerprint density at radius 2 is 2.00 bits per heavy atom. The Bertz CT molecular complexity index is 1000. The van der Waals surface area contributed by atoms with Crippen LogP contribution >= 0.6 is 0 Å². The van der Waals surface area contributed by atoms with Gasteiger partial charge in [0, 0.05) is 35.9 Å². The van der Waals surface area contributed by atoms with Crippen molar-refractivity contribution >= 4 is 11.6 Å². The Kier molecular flexibility index (Phi) is 3.45. The number of ether oxygens (including phenoxy) is 3. The first kappa shape index (κ1) is 18.7. The van der Waals surface area contributed by atoms with E-state index in [-0.39, 0.29) is 54.4 Å². The highest BCUT2D eigenvalue weighted by atomic mass is 16.5. The van der Waals surface area contributed by atoms with Gasteiger partial charge in [-0.3, -0.25) is 9.69 Å². The number of aliphatic hydroxyl groups is 2. The van der Waals surface area contributed by atoms with Crippen molar-refractivity contribution in [3.05, 3.63) is 17.7 Å². The Morgan fingerprint density at radius 1 is 1.23 bits per heavy atom. The van der Waals surface area contributed by atoms with Crippen LogP contribution in [-0.4, -0.2) is 84.8 Å². The smallest absolute Gasteiger partial charge is 0.229 e. The summed E-state index contributed by atoms with van der Waals surface area (Å²) < 4.78 is 17.4. The number of carbonyl (C=O) groups excluding carboxylic acids is 1. The third kappa shape index (κ3) is 1.92. The summed E-state index contributed by atoms with van der Waals surface area (Å²) in [6.07, 6.45) is 0.787. The molecule has 1 aromatic carbocycles. The number of fused-ring (bicyclic) bond motifs is 2. The van der Waals surface area contributed by atoms with Gasteiger partial charge in [-0.15, -0.1) is 0 Å². The van der Waals surface area contributed by atoms with Gasteiger partial charge in [0.25, 0.3) is 0 Å². The summed E-state index contributed by atoms with van der Waals surface area (Å²) in [5, 5.41) is 22.7. The Hall–Kier alpha value is -1.87. The number of anilines is 1. The lowest BCUT2D eigenvalue weighted by Gasteiger charge is -2.61. The third-order valence-corrected chi connectivity index (χ3v) is 9.44. The summed E-state index contributed by atoms with van der Waals surface area (Å²) in [4.78, 5) is 17.8. The molecule has 1 saturated carbocycles. The van der Waals surface area contributed by atoms with E-state index >= 15 is 0 Å². The maximum absolute atomic E-state index is 13.5. The number of hydrogen-bond acceptors (Lipinski definition) is 7. The molecule has 1 amide bonds. The summed E-state index contributed by atoms with van der Waals surface area (Å²) in [6.45, 7) is 1.38. The zero-order valence-electron chi connectivity index (χ0n) is 17.8. The minimum atomic E-state index is -1.21. The standard InChI is InChI=1S/C23H28N2O6/c1-29-14-5-11-13(7-15(14)30-2)25-19(27)8-16-20-12-6-17-22(11,21(20)25)3-4-24(17)10-23(12,28)18(26)9-31-16/h5,7,12,16-18,20-21,26,28H,3-4,6,8-10H2,1-2H3/t12-,16+,17+,18-,20+,21+,22-,23?/m1/s1. The van der Waals surface area contributed by atoms with E-state index in [0.717, 1.165) is 30.6 Å². The summed E-state index contributed by atoms with van der Waals surface area (Å²) in [5.41, 5.74) is 0.645. The summed E-state index contributed by atoms with van der Waals surface area (Å²) in [5.74, 6) is 1.24. The molecule has 0 aromatic heterocycles. The minimum Gasteiger partial charge on any atom is -0.493 e. The van der Waals surface area contributed by atoms with Crippen molar-refractivity contribution in [1.29, 1.82) is 0 Å². The molecule has 8 heteroatoms. The van der Waals surface area contributed by atoms with Crippen molar-refractivity contribution in [2.24, 2.45) is 11.8 Å². The summed E-state index contributed by atoms with van der Waals surface area (Å²) in [6, 6.07) is 4.16. The van der Waals surface area contributed by atoms with Crippen molar-refractivity contribution in [2.45, 2.75) is 54.6 Å². The monoisotopic (exact) mass is 428 g/mol. The molecule has 6 aliphatic rings. The summed E-state index contributed by atoms with van der Waals surface area (Å²) >= 11 is 0. The highest BCUT2D eigenvalue weighted by Gasteiger charge is 2.75. The maximum atomic E-state index is 13.5. The van der Waals surface area contributed by atoms with Gasteiger partial charge in [0.1, 0.15) is 11.7 Å². The van der Waals surface area contributed by atoms with Gasteiger partial charge in [-0.2, -0.15) is 0 Å². The maximum Gasteiger partial charge on any atom is 0.229 e. The first-order valence-corrected chi connectivity index (χ1v) is 11.3. The lowest BCUT2D eigenvalue weighted by molar-refractivity contribution is -0.184. The fourth-order valence-electron chi connectivity index (χ4n) is 8.32. The number of piperidine rings is 2. The first-order chi connectivity index (χ1) is 14.9. The Morgan fingerprint density at radius 3 is 2.77 bits per heavy atom. The number of methoxy groups -OCH3 is 2. The molecule has 5 fully saturated rings. The fourth-order valence-corrected chi connectivity index (χ4v) is 8.32. The molecule has 5 aliphatic heterocycles. The van der Waals surface area contributed by atoms with Gasteiger partial charge >= 0.3 is 0 Å². The second-order valence-corrected chi connectivity index (χ2v) is 10.2. The number of rotatable bonds is 2. The van der Waals surface area contributed by atoms with Crippen molar-refractivity contribution in [3.8, 4) is 11.5 Å². The van der Waals surface area contributed by atoms with Gasteiger partial charge < -0.3 is 29.3 Å². The number of carbonyl (C=O) groups is 1. The lowest BCUT2D eigenvalue weighted by atomic mass is 9.51. The molecule has 2 N–H and O–H groups in total. The second kappa shape index (κ2) is 5.73. The first-order valence-electron chi connectivity index (χ1n) is 11.3. The van der Waals surface area contributed by atoms with E-state index < -0.39 is 11.7 Å². The van der Waals surface area contributed by atoms with E-state index in [9.17, 15) is 15.0 Å².